The molecule has 3 rings (SSSR count). The van der Waals surface area contributed by atoms with Gasteiger partial charge in [0.05, 0.1) is 5.52 Å². The zero-order valence-corrected chi connectivity index (χ0v) is 12.4. The molecule has 1 aromatic carbocycles. The Labute approximate surface area is 125 Å². The van der Waals surface area contributed by atoms with E-state index in [1.807, 2.05) is 23.2 Å². The number of likely N-dealkylation sites (tertiary alicyclic amines) is 1. The van der Waals surface area contributed by atoms with Gasteiger partial charge in [-0.1, -0.05) is 18.2 Å². The first-order chi connectivity index (χ1) is 10.2. The highest BCUT2D eigenvalue weighted by Gasteiger charge is 2.20. The fraction of sp³-hybridized carbons (Fsp3) is 0.412. The van der Waals surface area contributed by atoms with Crippen LogP contribution in [0.5, 0.6) is 0 Å². The third kappa shape index (κ3) is 3.22. The van der Waals surface area contributed by atoms with Crippen LogP contribution in [0.1, 0.15) is 25.3 Å². The molecular weight excluding hydrogens is 262 g/mol. The molecule has 1 aromatic heterocycles. The average molecular weight is 283 g/mol. The minimum absolute atomic E-state index is 0.188. The number of hydrogen-bond acceptors (Lipinski definition) is 3. The van der Waals surface area contributed by atoms with Gasteiger partial charge in [0, 0.05) is 44.2 Å². The Kier molecular flexibility index (Phi) is 4.15. The molecule has 1 amide bonds. The number of aromatic nitrogens is 1. The third-order valence-electron chi connectivity index (χ3n) is 4.26. The Morgan fingerprint density at radius 1 is 1.29 bits per heavy atom. The molecule has 4 nitrogen and oxygen atoms in total. The van der Waals surface area contributed by atoms with Gasteiger partial charge in [-0.25, -0.2) is 0 Å². The Morgan fingerprint density at radius 3 is 2.81 bits per heavy atom. The zero-order chi connectivity index (χ0) is 14.7. The minimum atomic E-state index is 0.188. The van der Waals surface area contributed by atoms with Crippen molar-refractivity contribution in [1.82, 2.24) is 15.2 Å². The SMILES string of the molecule is CC(=O)N1CCC(NCc2ccnc3ccccc23)CC1. The maximum absolute atomic E-state index is 11.3. The topological polar surface area (TPSA) is 45.2 Å². The van der Waals surface area contributed by atoms with Crippen molar-refractivity contribution in [2.24, 2.45) is 0 Å². The summed E-state index contributed by atoms with van der Waals surface area (Å²) in [6.45, 7) is 4.23. The van der Waals surface area contributed by atoms with E-state index in [-0.39, 0.29) is 5.91 Å². The lowest BCUT2D eigenvalue weighted by Gasteiger charge is -2.31. The van der Waals surface area contributed by atoms with Gasteiger partial charge in [-0.2, -0.15) is 0 Å². The number of rotatable bonds is 3. The molecule has 0 saturated carbocycles. The molecule has 0 unspecified atom stereocenters. The van der Waals surface area contributed by atoms with E-state index in [0.717, 1.165) is 38.0 Å². The number of para-hydroxylation sites is 1. The summed E-state index contributed by atoms with van der Waals surface area (Å²) in [6, 6.07) is 10.8. The van der Waals surface area contributed by atoms with Crippen LogP contribution in [0.4, 0.5) is 0 Å². The number of fused-ring (bicyclic) bond motifs is 1. The number of nitrogens with one attached hydrogen (secondary N) is 1. The zero-order valence-electron chi connectivity index (χ0n) is 12.4. The van der Waals surface area contributed by atoms with Crippen molar-refractivity contribution < 1.29 is 4.79 Å². The predicted octanol–water partition coefficient (Wildman–Crippen LogP) is 2.34. The van der Waals surface area contributed by atoms with E-state index < -0.39 is 0 Å². The van der Waals surface area contributed by atoms with E-state index in [9.17, 15) is 4.79 Å². The van der Waals surface area contributed by atoms with Gasteiger partial charge in [0.2, 0.25) is 5.91 Å². The Morgan fingerprint density at radius 2 is 2.05 bits per heavy atom. The molecule has 1 N–H and O–H groups in total. The summed E-state index contributed by atoms with van der Waals surface area (Å²) < 4.78 is 0. The molecule has 2 aromatic rings. The second-order valence-electron chi connectivity index (χ2n) is 5.65. The van der Waals surface area contributed by atoms with Crippen LogP contribution in [0.15, 0.2) is 36.5 Å². The largest absolute Gasteiger partial charge is 0.343 e. The number of nitrogens with zero attached hydrogens (tertiary/aromatic N) is 2. The number of piperidine rings is 1. The molecule has 1 aliphatic rings. The Balaban J connectivity index is 1.61. The normalized spacial score (nSPS) is 16.3. The number of carbonyl (C=O) groups is 1. The molecule has 110 valence electrons. The quantitative estimate of drug-likeness (QED) is 0.940. The van der Waals surface area contributed by atoms with E-state index in [1.54, 1.807) is 6.92 Å². The Bertz CT molecular complexity index is 627. The minimum Gasteiger partial charge on any atom is -0.343 e. The molecular formula is C17H21N3O. The highest BCUT2D eigenvalue weighted by Crippen LogP contribution is 2.17. The summed E-state index contributed by atoms with van der Waals surface area (Å²) in [4.78, 5) is 17.7. The fourth-order valence-corrected chi connectivity index (χ4v) is 2.96. The molecule has 0 bridgehead atoms. The molecule has 0 spiro atoms. The predicted molar refractivity (Wildman–Crippen MR) is 83.9 cm³/mol. The van der Waals surface area contributed by atoms with Crippen molar-refractivity contribution in [2.45, 2.75) is 32.4 Å². The van der Waals surface area contributed by atoms with Gasteiger partial charge >= 0.3 is 0 Å². The lowest BCUT2D eigenvalue weighted by molar-refractivity contribution is -0.129. The van der Waals surface area contributed by atoms with Crippen LogP contribution in [0.2, 0.25) is 0 Å². The molecule has 0 aliphatic carbocycles. The maximum atomic E-state index is 11.3. The van der Waals surface area contributed by atoms with Crippen LogP contribution < -0.4 is 5.32 Å². The van der Waals surface area contributed by atoms with Crippen molar-refractivity contribution in [3.63, 3.8) is 0 Å². The molecule has 1 fully saturated rings. The van der Waals surface area contributed by atoms with Crippen LogP contribution >= 0.6 is 0 Å². The molecule has 4 heteroatoms. The first kappa shape index (κ1) is 14.0. The van der Waals surface area contributed by atoms with E-state index in [2.05, 4.69) is 28.5 Å². The summed E-state index contributed by atoms with van der Waals surface area (Å²) in [6.07, 6.45) is 3.93. The van der Waals surface area contributed by atoms with Crippen molar-refractivity contribution in [1.29, 1.82) is 0 Å². The van der Waals surface area contributed by atoms with E-state index in [1.165, 1.54) is 10.9 Å². The molecule has 1 aliphatic heterocycles. The summed E-state index contributed by atoms with van der Waals surface area (Å²) in [5.74, 6) is 0.188. The molecule has 21 heavy (non-hydrogen) atoms. The van der Waals surface area contributed by atoms with E-state index in [4.69, 9.17) is 0 Å². The molecule has 1 saturated heterocycles. The van der Waals surface area contributed by atoms with Crippen molar-refractivity contribution in [3.05, 3.63) is 42.1 Å². The third-order valence-corrected chi connectivity index (χ3v) is 4.26. The van der Waals surface area contributed by atoms with Crippen LogP contribution in [-0.2, 0) is 11.3 Å². The summed E-state index contributed by atoms with van der Waals surface area (Å²) >= 11 is 0. The van der Waals surface area contributed by atoms with Gasteiger partial charge in [-0.15, -0.1) is 0 Å². The monoisotopic (exact) mass is 283 g/mol. The average Bonchev–Trinajstić information content (AvgIpc) is 2.53. The summed E-state index contributed by atoms with van der Waals surface area (Å²) in [7, 11) is 0. The number of benzene rings is 1. The van der Waals surface area contributed by atoms with Gasteiger partial charge in [0.1, 0.15) is 0 Å². The van der Waals surface area contributed by atoms with Gasteiger partial charge < -0.3 is 10.2 Å². The van der Waals surface area contributed by atoms with Gasteiger partial charge in [-0.3, -0.25) is 9.78 Å². The van der Waals surface area contributed by atoms with E-state index >= 15 is 0 Å². The highest BCUT2D eigenvalue weighted by molar-refractivity contribution is 5.81. The number of carbonyl (C=O) groups excluding carboxylic acids is 1. The number of hydrogen-bond donors (Lipinski definition) is 1. The molecule has 0 radical (unpaired) electrons. The fourth-order valence-electron chi connectivity index (χ4n) is 2.96. The lowest BCUT2D eigenvalue weighted by atomic mass is 10.0. The van der Waals surface area contributed by atoms with Crippen molar-refractivity contribution >= 4 is 16.8 Å². The lowest BCUT2D eigenvalue weighted by Crippen LogP contribution is -2.43. The standard InChI is InChI=1S/C17H21N3O/c1-13(21)20-10-7-15(8-11-20)19-12-14-6-9-18-17-5-3-2-4-16(14)17/h2-6,9,15,19H,7-8,10-12H2,1H3. The van der Waals surface area contributed by atoms with Crippen molar-refractivity contribution in [3.8, 4) is 0 Å². The molecule has 2 heterocycles. The van der Waals surface area contributed by atoms with Crippen LogP contribution in [0.3, 0.4) is 0 Å². The number of pyridine rings is 1. The first-order valence-electron chi connectivity index (χ1n) is 7.55. The maximum Gasteiger partial charge on any atom is 0.219 e. The van der Waals surface area contributed by atoms with Crippen LogP contribution in [-0.4, -0.2) is 34.9 Å². The second-order valence-corrected chi connectivity index (χ2v) is 5.65. The van der Waals surface area contributed by atoms with Crippen LogP contribution in [0.25, 0.3) is 10.9 Å². The number of amides is 1. The second kappa shape index (κ2) is 6.22. The van der Waals surface area contributed by atoms with Crippen molar-refractivity contribution in [2.75, 3.05) is 13.1 Å². The highest BCUT2D eigenvalue weighted by atomic mass is 16.2. The van der Waals surface area contributed by atoms with Gasteiger partial charge in [0.25, 0.3) is 0 Å². The van der Waals surface area contributed by atoms with Gasteiger partial charge in [0.15, 0.2) is 0 Å². The summed E-state index contributed by atoms with van der Waals surface area (Å²) in [5, 5.41) is 4.84. The van der Waals surface area contributed by atoms with Crippen LogP contribution in [0, 0.1) is 0 Å². The molecule has 0 atom stereocenters. The first-order valence-corrected chi connectivity index (χ1v) is 7.55. The Hall–Kier alpha value is -1.94. The van der Waals surface area contributed by atoms with Gasteiger partial charge in [-0.05, 0) is 30.5 Å². The smallest absolute Gasteiger partial charge is 0.219 e. The summed E-state index contributed by atoms with van der Waals surface area (Å²) in [5.41, 5.74) is 2.33. The van der Waals surface area contributed by atoms with E-state index in [0.29, 0.717) is 6.04 Å².